The summed E-state index contributed by atoms with van der Waals surface area (Å²) in [6.45, 7) is 8.58. The summed E-state index contributed by atoms with van der Waals surface area (Å²) in [7, 11) is 4.61. The van der Waals surface area contributed by atoms with E-state index in [1.807, 2.05) is 37.6 Å². The maximum absolute atomic E-state index is 13.9. The zero-order valence-corrected chi connectivity index (χ0v) is 23.9. The Kier molecular flexibility index (Phi) is 8.02. The minimum atomic E-state index is -0.725. The third kappa shape index (κ3) is 5.44. The van der Waals surface area contributed by atoms with Crippen LogP contribution in [0.4, 0.5) is 16.3 Å². The molecule has 0 aromatic carbocycles. The molecule has 0 saturated carbocycles. The standard InChI is InChI=1S/C27H36N6O7/c1-8-9-15-32-20-21(30(6)26(37)33(22(20)34)19-13-12-18(39-19)23(35)38-7)29(5)25(32)31-14-10-11-17(16-31)28-24(36)40-27(2,3)4/h12-13,17,25H,10-11,14-16H2,1-7H3,(H,28,36)/t17-,25?/m1/s1. The number of anilines is 2. The van der Waals surface area contributed by atoms with Gasteiger partial charge in [-0.25, -0.2) is 14.4 Å². The Labute approximate surface area is 232 Å². The van der Waals surface area contributed by atoms with Gasteiger partial charge in [-0.2, -0.15) is 4.57 Å². The average molecular weight is 557 g/mol. The first-order chi connectivity index (χ1) is 18.9. The SMILES string of the molecule is CC#CCN1c2c(n(C)c(=O)n(-c3ccc(C(=O)OC)o3)c2=O)N(C)C1N1CCC[C@@H](NC(=O)OC(C)(C)C)C1. The molecule has 1 amide bonds. The number of hydrogen-bond acceptors (Lipinski definition) is 10. The van der Waals surface area contributed by atoms with Crippen molar-refractivity contribution >= 4 is 23.6 Å². The van der Waals surface area contributed by atoms with Crippen molar-refractivity contribution in [2.45, 2.75) is 58.5 Å². The molecule has 2 aliphatic heterocycles. The first kappa shape index (κ1) is 28.8. The zero-order valence-electron chi connectivity index (χ0n) is 23.9. The summed E-state index contributed by atoms with van der Waals surface area (Å²) >= 11 is 0. The summed E-state index contributed by atoms with van der Waals surface area (Å²) in [5.41, 5.74) is -1.57. The highest BCUT2D eigenvalue weighted by Crippen LogP contribution is 2.37. The molecule has 0 aliphatic carbocycles. The Balaban J connectivity index is 1.73. The van der Waals surface area contributed by atoms with E-state index < -0.39 is 35.2 Å². The van der Waals surface area contributed by atoms with Gasteiger partial charge >= 0.3 is 17.8 Å². The highest BCUT2D eigenvalue weighted by atomic mass is 16.6. The molecule has 13 nitrogen and oxygen atoms in total. The molecule has 0 bridgehead atoms. The molecule has 4 heterocycles. The molecule has 1 unspecified atom stereocenters. The molecule has 0 spiro atoms. The lowest BCUT2D eigenvalue weighted by molar-refractivity contribution is 0.0455. The highest BCUT2D eigenvalue weighted by Gasteiger charge is 2.43. The normalized spacial score (nSPS) is 19.1. The van der Waals surface area contributed by atoms with Crippen molar-refractivity contribution in [3.63, 3.8) is 0 Å². The van der Waals surface area contributed by atoms with Gasteiger partial charge in [0.1, 0.15) is 17.1 Å². The van der Waals surface area contributed by atoms with Crippen LogP contribution in [0.25, 0.3) is 5.88 Å². The predicted molar refractivity (Wildman–Crippen MR) is 148 cm³/mol. The summed E-state index contributed by atoms with van der Waals surface area (Å²) in [6, 6.07) is 2.56. The van der Waals surface area contributed by atoms with Crippen LogP contribution in [0.2, 0.25) is 0 Å². The van der Waals surface area contributed by atoms with Crippen LogP contribution in [0.15, 0.2) is 26.1 Å². The number of fused-ring (bicyclic) bond motifs is 1. The second-order valence-corrected chi connectivity index (χ2v) is 10.8. The third-order valence-corrected chi connectivity index (χ3v) is 6.79. The molecule has 4 rings (SSSR count). The van der Waals surface area contributed by atoms with Gasteiger partial charge in [0.2, 0.25) is 11.6 Å². The first-order valence-corrected chi connectivity index (χ1v) is 13.0. The molecule has 1 fully saturated rings. The van der Waals surface area contributed by atoms with E-state index in [9.17, 15) is 19.2 Å². The van der Waals surface area contributed by atoms with Gasteiger partial charge in [0, 0.05) is 39.3 Å². The van der Waals surface area contributed by atoms with E-state index in [1.54, 1.807) is 14.0 Å². The van der Waals surface area contributed by atoms with Gasteiger partial charge in [-0.1, -0.05) is 5.92 Å². The van der Waals surface area contributed by atoms with Crippen LogP contribution in [0.5, 0.6) is 0 Å². The van der Waals surface area contributed by atoms with Crippen molar-refractivity contribution in [1.82, 2.24) is 19.4 Å². The van der Waals surface area contributed by atoms with Gasteiger partial charge in [0.05, 0.1) is 13.7 Å². The molecular formula is C27H36N6O7. The molecule has 2 aromatic heterocycles. The summed E-state index contributed by atoms with van der Waals surface area (Å²) in [5.74, 6) is 5.41. The van der Waals surface area contributed by atoms with Crippen molar-refractivity contribution < 1.29 is 23.5 Å². The number of aromatic nitrogens is 2. The average Bonchev–Trinajstić information content (AvgIpc) is 3.47. The van der Waals surface area contributed by atoms with Crippen LogP contribution in [0.1, 0.15) is 51.1 Å². The number of amides is 1. The van der Waals surface area contributed by atoms with Crippen molar-refractivity contribution in [3.05, 3.63) is 38.7 Å². The van der Waals surface area contributed by atoms with E-state index in [1.165, 1.54) is 23.8 Å². The van der Waals surface area contributed by atoms with Gasteiger partial charge < -0.3 is 29.0 Å². The molecule has 2 aliphatic rings. The minimum Gasteiger partial charge on any atom is -0.463 e. The van der Waals surface area contributed by atoms with E-state index in [2.05, 4.69) is 26.8 Å². The molecule has 2 aromatic rings. The number of nitrogens with zero attached hydrogens (tertiary/aromatic N) is 5. The fourth-order valence-corrected chi connectivity index (χ4v) is 5.20. The first-order valence-electron chi connectivity index (χ1n) is 13.0. The number of furan rings is 1. The van der Waals surface area contributed by atoms with Crippen LogP contribution in [0, 0.1) is 11.8 Å². The monoisotopic (exact) mass is 556 g/mol. The number of esters is 1. The number of alkyl carbamates (subject to hydrolysis) is 1. The lowest BCUT2D eigenvalue weighted by Gasteiger charge is -2.42. The smallest absolute Gasteiger partial charge is 0.407 e. The van der Waals surface area contributed by atoms with E-state index in [4.69, 9.17) is 9.15 Å². The van der Waals surface area contributed by atoms with Crippen LogP contribution >= 0.6 is 0 Å². The molecule has 0 radical (unpaired) electrons. The summed E-state index contributed by atoms with van der Waals surface area (Å²) in [6.07, 6.45) is 0.655. The summed E-state index contributed by atoms with van der Waals surface area (Å²) < 4.78 is 17.9. The van der Waals surface area contributed by atoms with E-state index in [0.717, 1.165) is 17.4 Å². The van der Waals surface area contributed by atoms with Crippen LogP contribution < -0.4 is 26.4 Å². The van der Waals surface area contributed by atoms with Crippen molar-refractivity contribution in [1.29, 1.82) is 0 Å². The Morgan fingerprint density at radius 3 is 2.58 bits per heavy atom. The Morgan fingerprint density at radius 2 is 1.93 bits per heavy atom. The van der Waals surface area contributed by atoms with Crippen LogP contribution in [0.3, 0.4) is 0 Å². The minimum absolute atomic E-state index is 0.0963. The van der Waals surface area contributed by atoms with Crippen LogP contribution in [-0.2, 0) is 16.5 Å². The number of carbonyl (C=O) groups excluding carboxylic acids is 2. The maximum Gasteiger partial charge on any atom is 0.407 e. The highest BCUT2D eigenvalue weighted by molar-refractivity contribution is 5.86. The molecule has 1 saturated heterocycles. The Bertz CT molecular complexity index is 1470. The topological polar surface area (TPSA) is 131 Å². The molecule has 1 N–H and O–H groups in total. The Hall–Kier alpha value is -4.18. The fourth-order valence-electron chi connectivity index (χ4n) is 5.20. The van der Waals surface area contributed by atoms with Gasteiger partial charge in [-0.15, -0.1) is 5.92 Å². The van der Waals surface area contributed by atoms with Crippen molar-refractivity contribution in [3.8, 4) is 17.7 Å². The van der Waals surface area contributed by atoms with E-state index in [-0.39, 0.29) is 29.9 Å². The quantitative estimate of drug-likeness (QED) is 0.427. The number of carbonyl (C=O) groups is 2. The molecule has 40 heavy (non-hydrogen) atoms. The van der Waals surface area contributed by atoms with E-state index >= 15 is 0 Å². The van der Waals surface area contributed by atoms with Crippen LogP contribution in [-0.4, -0.2) is 77.8 Å². The largest absolute Gasteiger partial charge is 0.463 e. The van der Waals surface area contributed by atoms with Gasteiger partial charge in [0.15, 0.2) is 6.29 Å². The lowest BCUT2D eigenvalue weighted by Crippen LogP contribution is -2.60. The number of piperidine rings is 1. The maximum atomic E-state index is 13.9. The Morgan fingerprint density at radius 1 is 1.20 bits per heavy atom. The van der Waals surface area contributed by atoms with Gasteiger partial charge in [-0.05, 0) is 46.6 Å². The molecule has 13 heteroatoms. The van der Waals surface area contributed by atoms with Crippen molar-refractivity contribution in [2.24, 2.45) is 7.05 Å². The number of likely N-dealkylation sites (tertiary alicyclic amines) is 1. The number of rotatable bonds is 5. The molecule has 2 atom stereocenters. The predicted octanol–water partition coefficient (Wildman–Crippen LogP) is 1.47. The summed E-state index contributed by atoms with van der Waals surface area (Å²) in [5, 5.41) is 2.96. The second kappa shape index (κ2) is 11.1. The number of hydrogen-bond donors (Lipinski definition) is 1. The second-order valence-electron chi connectivity index (χ2n) is 10.8. The third-order valence-electron chi connectivity index (χ3n) is 6.79. The van der Waals surface area contributed by atoms with Crippen molar-refractivity contribution in [2.75, 3.05) is 43.6 Å². The zero-order chi connectivity index (χ0) is 29.4. The van der Waals surface area contributed by atoms with E-state index in [0.29, 0.717) is 18.9 Å². The fraction of sp³-hybridized carbons (Fsp3) is 0.556. The number of methoxy groups -OCH3 is 1. The van der Waals surface area contributed by atoms with Gasteiger partial charge in [-0.3, -0.25) is 14.3 Å². The number of nitrogens with one attached hydrogen (secondary N) is 1. The number of ether oxygens (including phenoxy) is 2. The summed E-state index contributed by atoms with van der Waals surface area (Å²) in [4.78, 5) is 57.6. The molecule has 216 valence electrons. The lowest BCUT2D eigenvalue weighted by atomic mass is 10.1. The van der Waals surface area contributed by atoms with Gasteiger partial charge in [0.25, 0.3) is 5.56 Å². The molecular weight excluding hydrogens is 520 g/mol.